The summed E-state index contributed by atoms with van der Waals surface area (Å²) < 4.78 is 40.3. The Morgan fingerprint density at radius 1 is 1.47 bits per heavy atom. The monoisotopic (exact) mass is 287 g/mol. The molecule has 0 spiro atoms. The summed E-state index contributed by atoms with van der Waals surface area (Å²) in [5.41, 5.74) is 0.377. The van der Waals surface area contributed by atoms with E-state index in [0.29, 0.717) is 11.5 Å². The number of aliphatic hydroxyl groups is 1. The van der Waals surface area contributed by atoms with Crippen LogP contribution in [0.5, 0.6) is 0 Å². The average molecular weight is 287 g/mol. The Labute approximate surface area is 112 Å². The van der Waals surface area contributed by atoms with Crippen molar-refractivity contribution in [1.82, 2.24) is 4.72 Å². The summed E-state index contributed by atoms with van der Waals surface area (Å²) in [6.45, 7) is 1.74. The smallest absolute Gasteiger partial charge is 0.243 e. The molecule has 2 rings (SSSR count). The summed E-state index contributed by atoms with van der Waals surface area (Å²) in [4.78, 5) is -0.388. The van der Waals surface area contributed by atoms with E-state index in [1.54, 1.807) is 0 Å². The molecule has 1 aliphatic carbocycles. The molecule has 1 saturated carbocycles. The van der Waals surface area contributed by atoms with Gasteiger partial charge in [0.1, 0.15) is 10.7 Å². The predicted octanol–water partition coefficient (Wildman–Crippen LogP) is 1.78. The molecule has 0 aromatic heterocycles. The Morgan fingerprint density at radius 2 is 2.21 bits per heavy atom. The van der Waals surface area contributed by atoms with Gasteiger partial charge < -0.3 is 5.11 Å². The van der Waals surface area contributed by atoms with Crippen LogP contribution in [-0.2, 0) is 16.6 Å². The third-order valence-electron chi connectivity index (χ3n) is 3.36. The van der Waals surface area contributed by atoms with Crippen molar-refractivity contribution in [3.05, 3.63) is 29.6 Å². The van der Waals surface area contributed by atoms with Crippen molar-refractivity contribution < 1.29 is 17.9 Å². The topological polar surface area (TPSA) is 66.4 Å². The van der Waals surface area contributed by atoms with E-state index in [4.69, 9.17) is 5.11 Å². The van der Waals surface area contributed by atoms with Crippen molar-refractivity contribution in [2.45, 2.75) is 43.7 Å². The maximum Gasteiger partial charge on any atom is 0.243 e. The van der Waals surface area contributed by atoms with Crippen LogP contribution in [-0.4, -0.2) is 19.6 Å². The summed E-state index contributed by atoms with van der Waals surface area (Å²) >= 11 is 0. The van der Waals surface area contributed by atoms with E-state index in [-0.39, 0.29) is 17.5 Å². The lowest BCUT2D eigenvalue weighted by molar-refractivity contribution is 0.281. The zero-order valence-electron chi connectivity index (χ0n) is 10.8. The molecule has 2 N–H and O–H groups in total. The van der Waals surface area contributed by atoms with Crippen LogP contribution in [0.3, 0.4) is 0 Å². The lowest BCUT2D eigenvalue weighted by Crippen LogP contribution is -2.28. The molecule has 19 heavy (non-hydrogen) atoms. The molecule has 0 amide bonds. The maximum atomic E-state index is 13.6. The number of rotatable bonds is 6. The summed E-state index contributed by atoms with van der Waals surface area (Å²) in [5.74, 6) is -0.429. The van der Waals surface area contributed by atoms with Crippen LogP contribution in [0.15, 0.2) is 23.1 Å². The predicted molar refractivity (Wildman–Crippen MR) is 69.4 cm³/mol. The fourth-order valence-electron chi connectivity index (χ4n) is 2.20. The van der Waals surface area contributed by atoms with Crippen LogP contribution >= 0.6 is 0 Å². The number of aliphatic hydroxyl groups excluding tert-OH is 1. The summed E-state index contributed by atoms with van der Waals surface area (Å²) in [6.07, 6.45) is 2.80. The van der Waals surface area contributed by atoms with Gasteiger partial charge in [0.25, 0.3) is 0 Å². The first-order valence-electron chi connectivity index (χ1n) is 6.39. The zero-order chi connectivity index (χ0) is 14.0. The van der Waals surface area contributed by atoms with Crippen molar-refractivity contribution in [3.63, 3.8) is 0 Å². The van der Waals surface area contributed by atoms with Crippen molar-refractivity contribution in [3.8, 4) is 0 Å². The molecule has 0 bridgehead atoms. The molecule has 1 fully saturated rings. The first-order valence-corrected chi connectivity index (χ1v) is 7.88. The minimum atomic E-state index is -3.85. The van der Waals surface area contributed by atoms with Gasteiger partial charge in [-0.1, -0.05) is 19.4 Å². The molecule has 2 atom stereocenters. The van der Waals surface area contributed by atoms with Gasteiger partial charge in [-0.3, -0.25) is 0 Å². The highest BCUT2D eigenvalue weighted by Gasteiger charge is 2.39. The normalized spacial score (nSPS) is 22.5. The van der Waals surface area contributed by atoms with Gasteiger partial charge in [0.05, 0.1) is 6.61 Å². The Morgan fingerprint density at radius 3 is 2.84 bits per heavy atom. The van der Waals surface area contributed by atoms with Crippen molar-refractivity contribution in [2.24, 2.45) is 5.92 Å². The van der Waals surface area contributed by atoms with Gasteiger partial charge >= 0.3 is 0 Å². The number of nitrogens with one attached hydrogen (secondary N) is 1. The van der Waals surface area contributed by atoms with Crippen LogP contribution in [0.25, 0.3) is 0 Å². The highest BCUT2D eigenvalue weighted by atomic mass is 32.2. The van der Waals surface area contributed by atoms with Gasteiger partial charge in [0.2, 0.25) is 10.0 Å². The number of hydrogen-bond acceptors (Lipinski definition) is 3. The first-order chi connectivity index (χ1) is 8.97. The molecule has 106 valence electrons. The second-order valence-corrected chi connectivity index (χ2v) is 6.62. The van der Waals surface area contributed by atoms with Gasteiger partial charge in [0, 0.05) is 6.04 Å². The molecule has 2 unspecified atom stereocenters. The summed E-state index contributed by atoms with van der Waals surface area (Å²) in [6, 6.07) is 3.53. The van der Waals surface area contributed by atoms with E-state index in [0.717, 1.165) is 25.3 Å². The Balaban J connectivity index is 2.16. The molecule has 0 saturated heterocycles. The lowest BCUT2D eigenvalue weighted by Gasteiger charge is -2.08. The molecule has 4 nitrogen and oxygen atoms in total. The van der Waals surface area contributed by atoms with E-state index in [1.807, 2.05) is 6.92 Å². The summed E-state index contributed by atoms with van der Waals surface area (Å²) in [7, 11) is -3.85. The number of halogens is 1. The van der Waals surface area contributed by atoms with E-state index in [1.165, 1.54) is 12.1 Å². The minimum Gasteiger partial charge on any atom is -0.392 e. The van der Waals surface area contributed by atoms with Crippen LogP contribution in [0.4, 0.5) is 4.39 Å². The van der Waals surface area contributed by atoms with E-state index < -0.39 is 15.8 Å². The summed E-state index contributed by atoms with van der Waals surface area (Å²) in [5, 5.41) is 8.99. The molecular weight excluding hydrogens is 269 g/mol. The van der Waals surface area contributed by atoms with Crippen molar-refractivity contribution in [2.75, 3.05) is 0 Å². The van der Waals surface area contributed by atoms with Gasteiger partial charge in [-0.25, -0.2) is 17.5 Å². The average Bonchev–Trinajstić information content (AvgIpc) is 3.07. The first kappa shape index (κ1) is 14.4. The fourth-order valence-corrected chi connectivity index (χ4v) is 3.64. The molecule has 1 aliphatic rings. The zero-order valence-corrected chi connectivity index (χ0v) is 11.6. The second-order valence-electron chi connectivity index (χ2n) is 4.94. The molecule has 0 heterocycles. The number of hydrogen-bond donors (Lipinski definition) is 2. The van der Waals surface area contributed by atoms with E-state index in [9.17, 15) is 12.8 Å². The van der Waals surface area contributed by atoms with Gasteiger partial charge in [-0.15, -0.1) is 0 Å². The highest BCUT2D eigenvalue weighted by molar-refractivity contribution is 7.89. The Kier molecular flexibility index (Phi) is 4.23. The molecule has 6 heteroatoms. The number of benzene rings is 1. The lowest BCUT2D eigenvalue weighted by atomic mass is 10.2. The van der Waals surface area contributed by atoms with Crippen LogP contribution in [0.1, 0.15) is 31.7 Å². The molecule has 1 aromatic rings. The third-order valence-corrected chi connectivity index (χ3v) is 4.86. The highest BCUT2D eigenvalue weighted by Crippen LogP contribution is 2.35. The Hall–Kier alpha value is -0.980. The molecule has 0 radical (unpaired) electrons. The largest absolute Gasteiger partial charge is 0.392 e. The second kappa shape index (κ2) is 5.56. The molecule has 1 aromatic carbocycles. The van der Waals surface area contributed by atoms with E-state index >= 15 is 0 Å². The fraction of sp³-hybridized carbons (Fsp3) is 0.538. The SMILES string of the molecule is CCCC1CC1NS(=O)(=O)c1cc(CO)ccc1F. The standard InChI is InChI=1S/C13H18FNO3S/c1-2-3-10-7-12(10)15-19(17,18)13-6-9(8-16)4-5-11(13)14/h4-6,10,12,15-16H,2-3,7-8H2,1H3. The van der Waals surface area contributed by atoms with Crippen molar-refractivity contribution >= 4 is 10.0 Å². The van der Waals surface area contributed by atoms with Crippen LogP contribution in [0, 0.1) is 11.7 Å². The van der Waals surface area contributed by atoms with Gasteiger partial charge in [0.15, 0.2) is 0 Å². The van der Waals surface area contributed by atoms with Crippen LogP contribution < -0.4 is 4.72 Å². The van der Waals surface area contributed by atoms with E-state index in [2.05, 4.69) is 4.72 Å². The Bertz CT molecular complexity index is 559. The minimum absolute atomic E-state index is 0.0814. The van der Waals surface area contributed by atoms with Gasteiger partial charge in [-0.2, -0.15) is 0 Å². The quantitative estimate of drug-likeness (QED) is 0.838. The maximum absolute atomic E-state index is 13.6. The molecule has 0 aliphatic heterocycles. The van der Waals surface area contributed by atoms with Gasteiger partial charge in [-0.05, 0) is 36.5 Å². The van der Waals surface area contributed by atoms with Crippen LogP contribution in [0.2, 0.25) is 0 Å². The molecular formula is C13H18FNO3S. The van der Waals surface area contributed by atoms with Crippen molar-refractivity contribution in [1.29, 1.82) is 0 Å². The number of sulfonamides is 1. The third kappa shape index (κ3) is 3.32.